The van der Waals surface area contributed by atoms with Gasteiger partial charge in [0.05, 0.1) is 17.4 Å². The summed E-state index contributed by atoms with van der Waals surface area (Å²) >= 11 is 0. The molecule has 140 valence electrons. The lowest BCUT2D eigenvalue weighted by molar-refractivity contribution is -0.118. The number of hydrogen-bond acceptors (Lipinski definition) is 4. The highest BCUT2D eigenvalue weighted by Crippen LogP contribution is 2.34. The minimum Gasteiger partial charge on any atom is -0.273 e. The molecule has 2 aliphatic carbocycles. The van der Waals surface area contributed by atoms with Crippen molar-refractivity contribution in [3.05, 3.63) is 58.7 Å². The van der Waals surface area contributed by atoms with E-state index in [1.165, 1.54) is 35.1 Å². The summed E-state index contributed by atoms with van der Waals surface area (Å²) < 4.78 is 0. The fraction of sp³-hybridized carbons (Fsp3) is 0.409. The Bertz CT molecular complexity index is 909. The summed E-state index contributed by atoms with van der Waals surface area (Å²) in [6.45, 7) is 2.05. The molecule has 1 saturated heterocycles. The number of amides is 1. The van der Waals surface area contributed by atoms with E-state index in [9.17, 15) is 4.79 Å². The third-order valence-corrected chi connectivity index (χ3v) is 6.20. The first-order valence-electron chi connectivity index (χ1n) is 10.0. The molecule has 2 aromatic carbocycles. The Balaban J connectivity index is 1.50. The predicted molar refractivity (Wildman–Crippen MR) is 107 cm³/mol. The molecule has 5 heteroatoms. The normalized spacial score (nSPS) is 21.6. The molecule has 0 saturated carbocycles. The smallest absolute Gasteiger partial charge is 0.244 e. The standard InChI is InChI=1S/C22H26N4O/c1-15-12-22(27)24(20-10-8-16-4-2-6-18(16)13-20)26(15)25(23)21-11-9-17-5-3-7-19(17)14-21/h8-11,13-15H,2-7,12,23H2,1H3. The molecule has 1 aliphatic heterocycles. The highest BCUT2D eigenvalue weighted by molar-refractivity contribution is 5.95. The molecule has 5 nitrogen and oxygen atoms in total. The van der Waals surface area contributed by atoms with Crippen molar-refractivity contribution in [3.63, 3.8) is 0 Å². The lowest BCUT2D eigenvalue weighted by Gasteiger charge is -2.38. The second-order valence-corrected chi connectivity index (χ2v) is 8.04. The average molecular weight is 362 g/mol. The van der Waals surface area contributed by atoms with E-state index >= 15 is 0 Å². The van der Waals surface area contributed by atoms with Gasteiger partial charge in [0.15, 0.2) is 0 Å². The van der Waals surface area contributed by atoms with Crippen molar-refractivity contribution in [3.8, 4) is 0 Å². The van der Waals surface area contributed by atoms with Crippen LogP contribution in [0.3, 0.4) is 0 Å². The van der Waals surface area contributed by atoms with Gasteiger partial charge in [-0.15, -0.1) is 5.12 Å². The van der Waals surface area contributed by atoms with Crippen LogP contribution in [-0.2, 0) is 30.5 Å². The molecular weight excluding hydrogens is 336 g/mol. The van der Waals surface area contributed by atoms with E-state index in [-0.39, 0.29) is 11.9 Å². The van der Waals surface area contributed by atoms with E-state index in [0.29, 0.717) is 6.42 Å². The van der Waals surface area contributed by atoms with Crippen LogP contribution in [0.1, 0.15) is 48.4 Å². The quantitative estimate of drug-likeness (QED) is 0.672. The Labute approximate surface area is 160 Å². The number of carbonyl (C=O) groups is 1. The van der Waals surface area contributed by atoms with E-state index in [4.69, 9.17) is 5.84 Å². The minimum atomic E-state index is 0.0176. The number of benzene rings is 2. The largest absolute Gasteiger partial charge is 0.273 e. The Morgan fingerprint density at radius 2 is 1.56 bits per heavy atom. The van der Waals surface area contributed by atoms with Crippen molar-refractivity contribution in [1.82, 2.24) is 5.12 Å². The number of nitrogens with zero attached hydrogens (tertiary/aromatic N) is 3. The van der Waals surface area contributed by atoms with E-state index in [0.717, 1.165) is 37.1 Å². The van der Waals surface area contributed by atoms with Gasteiger partial charge in [0.1, 0.15) is 0 Å². The third kappa shape index (κ3) is 2.73. The molecule has 1 atom stereocenters. The maximum Gasteiger partial charge on any atom is 0.244 e. The monoisotopic (exact) mass is 362 g/mol. The Morgan fingerprint density at radius 1 is 0.926 bits per heavy atom. The summed E-state index contributed by atoms with van der Waals surface area (Å²) in [5.74, 6) is 6.65. The number of hydrazine groups is 3. The van der Waals surface area contributed by atoms with Crippen molar-refractivity contribution >= 4 is 17.3 Å². The van der Waals surface area contributed by atoms with Crippen LogP contribution in [-0.4, -0.2) is 17.1 Å². The van der Waals surface area contributed by atoms with E-state index in [2.05, 4.69) is 43.3 Å². The lowest BCUT2D eigenvalue weighted by Crippen LogP contribution is -2.57. The van der Waals surface area contributed by atoms with Gasteiger partial charge in [0.25, 0.3) is 0 Å². The summed E-state index contributed by atoms with van der Waals surface area (Å²) in [6.07, 6.45) is 7.38. The lowest BCUT2D eigenvalue weighted by atomic mass is 10.1. The maximum absolute atomic E-state index is 12.8. The zero-order valence-electron chi connectivity index (χ0n) is 15.8. The van der Waals surface area contributed by atoms with E-state index in [1.807, 2.05) is 5.12 Å². The molecule has 0 spiro atoms. The molecular formula is C22H26N4O. The molecule has 1 unspecified atom stereocenters. The molecule has 0 aromatic heterocycles. The Hall–Kier alpha value is -2.37. The summed E-state index contributed by atoms with van der Waals surface area (Å²) in [5, 5.41) is 5.33. The highest BCUT2D eigenvalue weighted by atomic mass is 16.2. The second-order valence-electron chi connectivity index (χ2n) is 8.04. The maximum atomic E-state index is 12.8. The number of fused-ring (bicyclic) bond motifs is 2. The van der Waals surface area contributed by atoms with Crippen LogP contribution in [0, 0.1) is 0 Å². The molecule has 5 rings (SSSR count). The van der Waals surface area contributed by atoms with Gasteiger partial charge >= 0.3 is 0 Å². The molecule has 1 fully saturated rings. The molecule has 1 heterocycles. The fourth-order valence-electron chi connectivity index (χ4n) is 4.81. The zero-order valence-corrected chi connectivity index (χ0v) is 15.8. The SMILES string of the molecule is CC1CC(=O)N(c2ccc3c(c2)CCC3)N1N(N)c1ccc2c(c1)CCC2. The fourth-order valence-corrected chi connectivity index (χ4v) is 4.81. The molecule has 1 amide bonds. The van der Waals surface area contributed by atoms with Crippen LogP contribution < -0.4 is 16.0 Å². The van der Waals surface area contributed by atoms with Crippen molar-refractivity contribution in [2.75, 3.05) is 10.1 Å². The third-order valence-electron chi connectivity index (χ3n) is 6.20. The van der Waals surface area contributed by atoms with E-state index < -0.39 is 0 Å². The summed E-state index contributed by atoms with van der Waals surface area (Å²) in [5.41, 5.74) is 7.43. The Morgan fingerprint density at radius 3 is 2.30 bits per heavy atom. The first kappa shape index (κ1) is 16.8. The first-order chi connectivity index (χ1) is 13.1. The summed E-state index contributed by atoms with van der Waals surface area (Å²) in [7, 11) is 0. The summed E-state index contributed by atoms with van der Waals surface area (Å²) in [4.78, 5) is 12.8. The number of carbonyl (C=O) groups excluding carboxylic acids is 1. The van der Waals surface area contributed by atoms with Gasteiger partial charge in [-0.1, -0.05) is 12.1 Å². The number of nitrogens with two attached hydrogens (primary N) is 1. The van der Waals surface area contributed by atoms with Crippen LogP contribution >= 0.6 is 0 Å². The van der Waals surface area contributed by atoms with Crippen LogP contribution in [0.15, 0.2) is 36.4 Å². The zero-order chi connectivity index (χ0) is 18.5. The predicted octanol–water partition coefficient (Wildman–Crippen LogP) is 3.30. The van der Waals surface area contributed by atoms with Gasteiger partial charge in [-0.05, 0) is 92.0 Å². The molecule has 0 radical (unpaired) electrons. The highest BCUT2D eigenvalue weighted by Gasteiger charge is 2.40. The van der Waals surface area contributed by atoms with Gasteiger partial charge in [-0.3, -0.25) is 4.79 Å². The summed E-state index contributed by atoms with van der Waals surface area (Å²) in [6, 6.07) is 12.8. The second kappa shape index (κ2) is 6.36. The molecule has 2 aromatic rings. The minimum absolute atomic E-state index is 0.0176. The number of anilines is 2. The van der Waals surface area contributed by atoms with Gasteiger partial charge < -0.3 is 0 Å². The average Bonchev–Trinajstić information content (AvgIpc) is 3.37. The number of aryl methyl sites for hydroxylation is 4. The van der Waals surface area contributed by atoms with Crippen LogP contribution in [0.2, 0.25) is 0 Å². The van der Waals surface area contributed by atoms with Crippen molar-refractivity contribution in [2.45, 2.75) is 57.9 Å². The van der Waals surface area contributed by atoms with Gasteiger partial charge in [-0.25, -0.2) is 16.0 Å². The van der Waals surface area contributed by atoms with E-state index in [1.54, 1.807) is 10.1 Å². The van der Waals surface area contributed by atoms with Gasteiger partial charge in [-0.2, -0.15) is 0 Å². The molecule has 2 N–H and O–H groups in total. The van der Waals surface area contributed by atoms with Crippen LogP contribution in [0.4, 0.5) is 11.4 Å². The molecule has 0 bridgehead atoms. The number of rotatable bonds is 3. The van der Waals surface area contributed by atoms with Crippen molar-refractivity contribution in [2.24, 2.45) is 5.84 Å². The number of hydrogen-bond donors (Lipinski definition) is 1. The topological polar surface area (TPSA) is 52.8 Å². The van der Waals surface area contributed by atoms with Crippen LogP contribution in [0.25, 0.3) is 0 Å². The molecule has 27 heavy (non-hydrogen) atoms. The van der Waals surface area contributed by atoms with Crippen molar-refractivity contribution in [1.29, 1.82) is 0 Å². The van der Waals surface area contributed by atoms with Crippen LogP contribution in [0.5, 0.6) is 0 Å². The first-order valence-corrected chi connectivity index (χ1v) is 10.0. The van der Waals surface area contributed by atoms with Gasteiger partial charge in [0, 0.05) is 6.42 Å². The van der Waals surface area contributed by atoms with Crippen molar-refractivity contribution < 1.29 is 4.79 Å². The Kier molecular flexibility index (Phi) is 3.95. The molecule has 3 aliphatic rings. The van der Waals surface area contributed by atoms with Gasteiger partial charge in [0.2, 0.25) is 5.91 Å².